The van der Waals surface area contributed by atoms with Crippen LogP contribution in [0.4, 0.5) is 0 Å². The quantitative estimate of drug-likeness (QED) is 0.911. The molecule has 116 valence electrons. The fourth-order valence-corrected chi connectivity index (χ4v) is 4.56. The smallest absolute Gasteiger partial charge is 0.226 e. The summed E-state index contributed by atoms with van der Waals surface area (Å²) in [6.45, 7) is 0.853. The van der Waals surface area contributed by atoms with Gasteiger partial charge in [-0.05, 0) is 43.1 Å². The Morgan fingerprint density at radius 1 is 1.23 bits per heavy atom. The number of aromatic amines is 1. The van der Waals surface area contributed by atoms with Crippen LogP contribution in [0.3, 0.4) is 0 Å². The third-order valence-corrected chi connectivity index (χ3v) is 5.67. The summed E-state index contributed by atoms with van der Waals surface area (Å²) in [5, 5.41) is 11.5. The van der Waals surface area contributed by atoms with Gasteiger partial charge in [-0.25, -0.2) is 0 Å². The number of carbonyl (C=O) groups excluding carboxylic acids is 1. The molecule has 3 atom stereocenters. The highest BCUT2D eigenvalue weighted by Gasteiger charge is 2.38. The summed E-state index contributed by atoms with van der Waals surface area (Å²) in [5.41, 5.74) is 1.84. The van der Waals surface area contributed by atoms with Crippen LogP contribution < -0.4 is 5.32 Å². The Morgan fingerprint density at radius 2 is 2.14 bits per heavy atom. The molecule has 0 unspecified atom stereocenters. The molecule has 2 saturated carbocycles. The number of hydrogen-bond donors (Lipinski definition) is 2. The standard InChI is InChI=1S/C18H23N3O/c22-18(10-17-15-5-1-2-7-16(15)20-21-17)19-11-13-9-8-12-4-3-6-14(12)13/h1-2,5,7,12-14H,3-4,6,8-11H2,(H,19,22)(H,20,21)/t12-,13+,14-/m0/s1. The van der Waals surface area contributed by atoms with E-state index in [1.165, 1.54) is 32.1 Å². The van der Waals surface area contributed by atoms with Crippen LogP contribution in [-0.2, 0) is 11.2 Å². The van der Waals surface area contributed by atoms with Crippen molar-refractivity contribution in [2.45, 2.75) is 38.5 Å². The van der Waals surface area contributed by atoms with E-state index < -0.39 is 0 Å². The second-order valence-corrected chi connectivity index (χ2v) is 6.89. The minimum Gasteiger partial charge on any atom is -0.355 e. The molecule has 2 N–H and O–H groups in total. The van der Waals surface area contributed by atoms with Crippen molar-refractivity contribution in [3.8, 4) is 0 Å². The van der Waals surface area contributed by atoms with Crippen LogP contribution in [0.1, 0.15) is 37.8 Å². The van der Waals surface area contributed by atoms with Crippen LogP contribution in [0, 0.1) is 17.8 Å². The highest BCUT2D eigenvalue weighted by Crippen LogP contribution is 2.47. The molecule has 1 heterocycles. The van der Waals surface area contributed by atoms with Crippen LogP contribution in [0.15, 0.2) is 24.3 Å². The molecule has 2 aromatic rings. The first-order valence-corrected chi connectivity index (χ1v) is 8.50. The normalized spacial score (nSPS) is 27.2. The second-order valence-electron chi connectivity index (χ2n) is 6.89. The Morgan fingerprint density at radius 3 is 3.09 bits per heavy atom. The molecule has 0 bridgehead atoms. The molecule has 1 aromatic heterocycles. The van der Waals surface area contributed by atoms with E-state index in [9.17, 15) is 4.79 Å². The van der Waals surface area contributed by atoms with Crippen molar-refractivity contribution >= 4 is 16.8 Å². The van der Waals surface area contributed by atoms with Gasteiger partial charge in [-0.3, -0.25) is 9.89 Å². The minimum atomic E-state index is 0.107. The first-order valence-electron chi connectivity index (χ1n) is 8.50. The number of rotatable bonds is 4. The van der Waals surface area contributed by atoms with Crippen LogP contribution in [0.5, 0.6) is 0 Å². The zero-order valence-corrected chi connectivity index (χ0v) is 12.8. The summed E-state index contributed by atoms with van der Waals surface area (Å²) in [5.74, 6) is 2.62. The van der Waals surface area contributed by atoms with E-state index in [1.807, 2.05) is 24.3 Å². The van der Waals surface area contributed by atoms with E-state index in [4.69, 9.17) is 0 Å². The van der Waals surface area contributed by atoms with Crippen molar-refractivity contribution in [1.29, 1.82) is 0 Å². The fourth-order valence-electron chi connectivity index (χ4n) is 4.56. The summed E-state index contributed by atoms with van der Waals surface area (Å²) in [7, 11) is 0. The number of fused-ring (bicyclic) bond motifs is 2. The molecule has 0 saturated heterocycles. The number of benzene rings is 1. The predicted molar refractivity (Wildman–Crippen MR) is 86.4 cm³/mol. The number of hydrogen-bond acceptors (Lipinski definition) is 2. The Hall–Kier alpha value is -1.84. The molecule has 0 radical (unpaired) electrons. The largest absolute Gasteiger partial charge is 0.355 e. The Kier molecular flexibility index (Phi) is 3.60. The molecule has 22 heavy (non-hydrogen) atoms. The maximum atomic E-state index is 12.2. The molecule has 2 aliphatic carbocycles. The summed E-state index contributed by atoms with van der Waals surface area (Å²) >= 11 is 0. The molecule has 0 aliphatic heterocycles. The van der Waals surface area contributed by atoms with Gasteiger partial charge in [0, 0.05) is 11.9 Å². The lowest BCUT2D eigenvalue weighted by Crippen LogP contribution is -2.32. The van der Waals surface area contributed by atoms with Crippen molar-refractivity contribution in [3.05, 3.63) is 30.0 Å². The third-order valence-electron chi connectivity index (χ3n) is 5.67. The van der Waals surface area contributed by atoms with Gasteiger partial charge in [-0.1, -0.05) is 31.0 Å². The van der Waals surface area contributed by atoms with Gasteiger partial charge in [0.15, 0.2) is 0 Å². The molecule has 4 rings (SSSR count). The van der Waals surface area contributed by atoms with E-state index >= 15 is 0 Å². The number of aromatic nitrogens is 2. The maximum absolute atomic E-state index is 12.2. The number of carbonyl (C=O) groups is 1. The van der Waals surface area contributed by atoms with Gasteiger partial charge < -0.3 is 5.32 Å². The average Bonchev–Trinajstić information content (AvgIpc) is 3.22. The van der Waals surface area contributed by atoms with E-state index in [2.05, 4.69) is 15.5 Å². The zero-order valence-electron chi connectivity index (χ0n) is 12.8. The molecule has 2 fully saturated rings. The van der Waals surface area contributed by atoms with Crippen molar-refractivity contribution in [3.63, 3.8) is 0 Å². The lowest BCUT2D eigenvalue weighted by Gasteiger charge is -2.18. The van der Waals surface area contributed by atoms with Crippen molar-refractivity contribution in [1.82, 2.24) is 15.5 Å². The van der Waals surface area contributed by atoms with Crippen LogP contribution in [0.25, 0.3) is 10.9 Å². The van der Waals surface area contributed by atoms with Crippen LogP contribution in [0.2, 0.25) is 0 Å². The number of H-pyrrole nitrogens is 1. The molecule has 1 amide bonds. The lowest BCUT2D eigenvalue weighted by atomic mass is 9.92. The first kappa shape index (κ1) is 13.8. The first-order chi connectivity index (χ1) is 10.8. The molecular weight excluding hydrogens is 274 g/mol. The summed E-state index contributed by atoms with van der Waals surface area (Å²) < 4.78 is 0. The zero-order chi connectivity index (χ0) is 14.9. The molecular formula is C18H23N3O. The van der Waals surface area contributed by atoms with E-state index in [-0.39, 0.29) is 5.91 Å². The van der Waals surface area contributed by atoms with Gasteiger partial charge in [0.05, 0.1) is 17.6 Å². The lowest BCUT2D eigenvalue weighted by molar-refractivity contribution is -0.120. The highest BCUT2D eigenvalue weighted by atomic mass is 16.1. The Balaban J connectivity index is 1.35. The maximum Gasteiger partial charge on any atom is 0.226 e. The molecule has 4 nitrogen and oxygen atoms in total. The monoisotopic (exact) mass is 297 g/mol. The highest BCUT2D eigenvalue weighted by molar-refractivity contribution is 5.87. The Labute approximate surface area is 130 Å². The Bertz CT molecular complexity index is 678. The number of nitrogens with one attached hydrogen (secondary N) is 2. The van der Waals surface area contributed by atoms with Gasteiger partial charge in [0.2, 0.25) is 5.91 Å². The molecule has 2 aliphatic rings. The minimum absolute atomic E-state index is 0.107. The van der Waals surface area contributed by atoms with Gasteiger partial charge in [-0.15, -0.1) is 0 Å². The topological polar surface area (TPSA) is 57.8 Å². The number of amides is 1. The molecule has 1 aromatic carbocycles. The van der Waals surface area contributed by atoms with E-state index in [0.29, 0.717) is 12.3 Å². The van der Waals surface area contributed by atoms with Crippen molar-refractivity contribution in [2.75, 3.05) is 6.54 Å². The van der Waals surface area contributed by atoms with Crippen molar-refractivity contribution in [2.24, 2.45) is 17.8 Å². The van der Waals surface area contributed by atoms with E-state index in [1.54, 1.807) is 0 Å². The van der Waals surface area contributed by atoms with Gasteiger partial charge in [0.25, 0.3) is 0 Å². The molecule has 0 spiro atoms. The van der Waals surface area contributed by atoms with Crippen molar-refractivity contribution < 1.29 is 4.79 Å². The van der Waals surface area contributed by atoms with Gasteiger partial charge in [-0.2, -0.15) is 5.10 Å². The summed E-state index contributed by atoms with van der Waals surface area (Å²) in [6.07, 6.45) is 7.23. The summed E-state index contributed by atoms with van der Waals surface area (Å²) in [4.78, 5) is 12.2. The second kappa shape index (κ2) is 5.75. The predicted octanol–water partition coefficient (Wildman–Crippen LogP) is 3.05. The average molecular weight is 297 g/mol. The van der Waals surface area contributed by atoms with Gasteiger partial charge >= 0.3 is 0 Å². The summed E-state index contributed by atoms with van der Waals surface area (Å²) in [6, 6.07) is 7.93. The van der Waals surface area contributed by atoms with Gasteiger partial charge in [0.1, 0.15) is 0 Å². The van der Waals surface area contributed by atoms with Crippen LogP contribution in [-0.4, -0.2) is 22.6 Å². The fraction of sp³-hybridized carbons (Fsp3) is 0.556. The molecule has 4 heteroatoms. The van der Waals surface area contributed by atoms with Crippen LogP contribution >= 0.6 is 0 Å². The number of para-hydroxylation sites is 1. The van der Waals surface area contributed by atoms with E-state index in [0.717, 1.165) is 35.0 Å². The third kappa shape index (κ3) is 2.51. The number of nitrogens with zero attached hydrogens (tertiary/aromatic N) is 1. The SMILES string of the molecule is O=C(Cc1[nH]nc2ccccc12)NC[C@H]1CC[C@@H]2CCC[C@@H]21.